The Morgan fingerprint density at radius 1 is 1.45 bits per heavy atom. The van der Waals surface area contributed by atoms with E-state index in [1.165, 1.54) is 0 Å². The fraction of sp³-hybridized carbons (Fsp3) is 0.500. The highest BCUT2D eigenvalue weighted by Gasteiger charge is 2.37. The molecule has 4 nitrogen and oxygen atoms in total. The van der Waals surface area contributed by atoms with Gasteiger partial charge in [0.2, 0.25) is 5.91 Å². The SMILES string of the molecule is CCOc1ccccc1/C=C/C(=O)N1CCCC1C(C)(C)O. The van der Waals surface area contributed by atoms with Crippen LogP contribution in [0.25, 0.3) is 6.08 Å². The van der Waals surface area contributed by atoms with Gasteiger partial charge in [-0.1, -0.05) is 18.2 Å². The van der Waals surface area contributed by atoms with Crippen molar-refractivity contribution in [3.8, 4) is 5.75 Å². The van der Waals surface area contributed by atoms with Gasteiger partial charge in [0.05, 0.1) is 18.2 Å². The fourth-order valence-corrected chi connectivity index (χ4v) is 2.93. The molecule has 0 radical (unpaired) electrons. The number of carbonyl (C=O) groups is 1. The van der Waals surface area contributed by atoms with Crippen LogP contribution >= 0.6 is 0 Å². The fourth-order valence-electron chi connectivity index (χ4n) is 2.93. The summed E-state index contributed by atoms with van der Waals surface area (Å²) in [6.07, 6.45) is 5.14. The van der Waals surface area contributed by atoms with Crippen LogP contribution in [-0.2, 0) is 4.79 Å². The Morgan fingerprint density at radius 3 is 2.86 bits per heavy atom. The number of hydrogen-bond donors (Lipinski definition) is 1. The first-order valence-corrected chi connectivity index (χ1v) is 7.86. The quantitative estimate of drug-likeness (QED) is 0.851. The number of aliphatic hydroxyl groups is 1. The Kier molecular flexibility index (Phi) is 5.24. The molecular weight excluding hydrogens is 278 g/mol. The van der Waals surface area contributed by atoms with E-state index >= 15 is 0 Å². The first-order valence-electron chi connectivity index (χ1n) is 7.86. The molecule has 0 spiro atoms. The van der Waals surface area contributed by atoms with Gasteiger partial charge in [-0.15, -0.1) is 0 Å². The van der Waals surface area contributed by atoms with Crippen molar-refractivity contribution in [2.45, 2.75) is 45.3 Å². The molecular formula is C18H25NO3. The van der Waals surface area contributed by atoms with Crippen molar-refractivity contribution < 1.29 is 14.6 Å². The van der Waals surface area contributed by atoms with Gasteiger partial charge >= 0.3 is 0 Å². The molecule has 1 saturated heterocycles. The summed E-state index contributed by atoms with van der Waals surface area (Å²) in [6.45, 7) is 6.75. The molecule has 0 aromatic heterocycles. The van der Waals surface area contributed by atoms with E-state index in [-0.39, 0.29) is 11.9 Å². The molecule has 1 atom stereocenters. The summed E-state index contributed by atoms with van der Waals surface area (Å²) < 4.78 is 5.55. The maximum atomic E-state index is 12.4. The van der Waals surface area contributed by atoms with Gasteiger partial charge in [0.25, 0.3) is 0 Å². The zero-order valence-corrected chi connectivity index (χ0v) is 13.6. The molecule has 1 amide bonds. The maximum absolute atomic E-state index is 12.4. The minimum atomic E-state index is -0.872. The van der Waals surface area contributed by atoms with Crippen LogP contribution in [0.3, 0.4) is 0 Å². The number of benzene rings is 1. The minimum absolute atomic E-state index is 0.0593. The number of carbonyl (C=O) groups excluding carboxylic acids is 1. The highest BCUT2D eigenvalue weighted by molar-refractivity contribution is 5.92. The van der Waals surface area contributed by atoms with Crippen molar-refractivity contribution in [2.24, 2.45) is 0 Å². The second-order valence-electron chi connectivity index (χ2n) is 6.15. The Balaban J connectivity index is 2.12. The van der Waals surface area contributed by atoms with Crippen LogP contribution in [0.2, 0.25) is 0 Å². The predicted molar refractivity (Wildman–Crippen MR) is 87.7 cm³/mol. The first-order chi connectivity index (χ1) is 10.4. The van der Waals surface area contributed by atoms with Gasteiger partial charge in [0, 0.05) is 18.2 Å². The standard InChI is InChI=1S/C18H25NO3/c1-4-22-15-9-6-5-8-14(15)11-12-17(20)19-13-7-10-16(19)18(2,3)21/h5-6,8-9,11-12,16,21H,4,7,10,13H2,1-3H3/b12-11+. The minimum Gasteiger partial charge on any atom is -0.493 e. The lowest BCUT2D eigenvalue weighted by Gasteiger charge is -2.33. The van der Waals surface area contributed by atoms with Crippen molar-refractivity contribution in [2.75, 3.05) is 13.2 Å². The number of para-hydroxylation sites is 1. The summed E-state index contributed by atoms with van der Waals surface area (Å²) >= 11 is 0. The van der Waals surface area contributed by atoms with Crippen molar-refractivity contribution in [1.29, 1.82) is 0 Å². The highest BCUT2D eigenvalue weighted by Crippen LogP contribution is 2.27. The van der Waals surface area contributed by atoms with Gasteiger partial charge in [0.15, 0.2) is 0 Å². The average Bonchev–Trinajstić information content (AvgIpc) is 2.96. The predicted octanol–water partition coefficient (Wildman–Crippen LogP) is 2.86. The second kappa shape index (κ2) is 6.97. The van der Waals surface area contributed by atoms with Crippen LogP contribution in [-0.4, -0.2) is 40.7 Å². The summed E-state index contributed by atoms with van der Waals surface area (Å²) in [5, 5.41) is 10.2. The molecule has 4 heteroatoms. The van der Waals surface area contributed by atoms with E-state index in [4.69, 9.17) is 4.74 Å². The van der Waals surface area contributed by atoms with Crippen LogP contribution in [0.4, 0.5) is 0 Å². The van der Waals surface area contributed by atoms with Crippen molar-refractivity contribution in [3.05, 3.63) is 35.9 Å². The van der Waals surface area contributed by atoms with Crippen molar-refractivity contribution in [1.82, 2.24) is 4.90 Å². The lowest BCUT2D eigenvalue weighted by molar-refractivity contribution is -0.131. The first kappa shape index (κ1) is 16.6. The number of likely N-dealkylation sites (tertiary alicyclic amines) is 1. The molecule has 120 valence electrons. The van der Waals surface area contributed by atoms with E-state index < -0.39 is 5.60 Å². The monoisotopic (exact) mass is 303 g/mol. The Hall–Kier alpha value is -1.81. The molecule has 1 heterocycles. The number of rotatable bonds is 5. The van der Waals surface area contributed by atoms with Gasteiger partial charge in [0.1, 0.15) is 5.75 Å². The molecule has 1 unspecified atom stereocenters. The molecule has 22 heavy (non-hydrogen) atoms. The number of ether oxygens (including phenoxy) is 1. The molecule has 0 aliphatic carbocycles. The normalized spacial score (nSPS) is 18.9. The lowest BCUT2D eigenvalue weighted by atomic mass is 9.96. The van der Waals surface area contributed by atoms with E-state index in [2.05, 4.69) is 0 Å². The molecule has 0 saturated carbocycles. The van der Waals surface area contributed by atoms with Crippen LogP contribution in [0.5, 0.6) is 5.75 Å². The molecule has 1 aromatic carbocycles. The summed E-state index contributed by atoms with van der Waals surface area (Å²) in [6, 6.07) is 7.53. The Labute approximate surface area is 132 Å². The average molecular weight is 303 g/mol. The number of hydrogen-bond acceptors (Lipinski definition) is 3. The van der Waals surface area contributed by atoms with Gasteiger partial charge in [-0.2, -0.15) is 0 Å². The summed E-state index contributed by atoms with van der Waals surface area (Å²) in [5.41, 5.74) is 0.0140. The van der Waals surface area contributed by atoms with E-state index in [0.29, 0.717) is 13.2 Å². The second-order valence-corrected chi connectivity index (χ2v) is 6.15. The van der Waals surface area contributed by atoms with E-state index in [9.17, 15) is 9.90 Å². The largest absolute Gasteiger partial charge is 0.493 e. The van der Waals surface area contributed by atoms with Crippen LogP contribution in [0, 0.1) is 0 Å². The van der Waals surface area contributed by atoms with E-state index in [1.807, 2.05) is 31.2 Å². The zero-order valence-electron chi connectivity index (χ0n) is 13.6. The van der Waals surface area contributed by atoms with Crippen LogP contribution in [0.1, 0.15) is 39.2 Å². The lowest BCUT2D eigenvalue weighted by Crippen LogP contribution is -2.47. The molecule has 2 rings (SSSR count). The molecule has 0 bridgehead atoms. The van der Waals surface area contributed by atoms with Gasteiger partial charge in [-0.25, -0.2) is 0 Å². The van der Waals surface area contributed by atoms with Gasteiger partial charge in [-0.05, 0) is 45.8 Å². The van der Waals surface area contributed by atoms with Gasteiger partial charge < -0.3 is 14.7 Å². The molecule has 1 fully saturated rings. The Morgan fingerprint density at radius 2 is 2.18 bits per heavy atom. The third-order valence-corrected chi connectivity index (χ3v) is 3.98. The van der Waals surface area contributed by atoms with Crippen LogP contribution in [0.15, 0.2) is 30.3 Å². The Bertz CT molecular complexity index is 546. The molecule has 1 aliphatic rings. The zero-order chi connectivity index (χ0) is 16.2. The summed E-state index contributed by atoms with van der Waals surface area (Å²) in [7, 11) is 0. The molecule has 1 aliphatic heterocycles. The third-order valence-electron chi connectivity index (χ3n) is 3.98. The van der Waals surface area contributed by atoms with E-state index in [0.717, 1.165) is 24.2 Å². The maximum Gasteiger partial charge on any atom is 0.246 e. The number of nitrogens with zero attached hydrogens (tertiary/aromatic N) is 1. The summed E-state index contributed by atoms with van der Waals surface area (Å²) in [5.74, 6) is 0.713. The number of amides is 1. The van der Waals surface area contributed by atoms with Gasteiger partial charge in [-0.3, -0.25) is 4.79 Å². The molecule has 1 aromatic rings. The third kappa shape index (κ3) is 3.89. The van der Waals surface area contributed by atoms with Crippen molar-refractivity contribution >= 4 is 12.0 Å². The highest BCUT2D eigenvalue weighted by atomic mass is 16.5. The van der Waals surface area contributed by atoms with Crippen LogP contribution < -0.4 is 4.74 Å². The van der Waals surface area contributed by atoms with E-state index in [1.54, 1.807) is 30.9 Å². The topological polar surface area (TPSA) is 49.8 Å². The molecule has 1 N–H and O–H groups in total. The summed E-state index contributed by atoms with van der Waals surface area (Å²) in [4.78, 5) is 14.2. The van der Waals surface area contributed by atoms with Crippen molar-refractivity contribution in [3.63, 3.8) is 0 Å². The smallest absolute Gasteiger partial charge is 0.246 e.